The molecule has 7 heteroatoms. The molecule has 1 amide bonds. The summed E-state index contributed by atoms with van der Waals surface area (Å²) >= 11 is 0. The Morgan fingerprint density at radius 3 is 2.50 bits per heavy atom. The molecule has 0 aliphatic carbocycles. The fourth-order valence-corrected chi connectivity index (χ4v) is 2.50. The van der Waals surface area contributed by atoms with Crippen LogP contribution in [0.1, 0.15) is 34.7 Å². The molecule has 0 unspecified atom stereocenters. The normalized spacial score (nSPS) is 10.2. The van der Waals surface area contributed by atoms with Gasteiger partial charge in [-0.25, -0.2) is 9.97 Å². The number of para-hydroxylation sites is 2. The number of ether oxygens (including phenoxy) is 1. The van der Waals surface area contributed by atoms with Crippen molar-refractivity contribution in [1.82, 2.24) is 9.97 Å². The average Bonchev–Trinajstić information content (AvgIpc) is 2.70. The highest BCUT2D eigenvalue weighted by Gasteiger charge is 2.11. The zero-order valence-electron chi connectivity index (χ0n) is 15.6. The van der Waals surface area contributed by atoms with Crippen molar-refractivity contribution in [3.63, 3.8) is 0 Å². The number of carbonyl (C=O) groups is 2. The molecule has 142 valence electrons. The van der Waals surface area contributed by atoms with Gasteiger partial charge in [-0.3, -0.25) is 9.59 Å². The van der Waals surface area contributed by atoms with E-state index < -0.39 is 0 Å². The van der Waals surface area contributed by atoms with Gasteiger partial charge in [0.25, 0.3) is 5.91 Å². The van der Waals surface area contributed by atoms with Crippen LogP contribution in [-0.2, 0) is 0 Å². The Morgan fingerprint density at radius 1 is 1.04 bits per heavy atom. The minimum Gasteiger partial charge on any atom is -0.492 e. The van der Waals surface area contributed by atoms with E-state index >= 15 is 0 Å². The smallest absolute Gasteiger partial charge is 0.274 e. The SMILES string of the molecule is CCOc1ccccc1Nc1nccc(C(=O)Nc2ccc(C(C)=O)cc2)n1. The van der Waals surface area contributed by atoms with Crippen LogP contribution < -0.4 is 15.4 Å². The molecule has 2 N–H and O–H groups in total. The predicted molar refractivity (Wildman–Crippen MR) is 107 cm³/mol. The number of ketones is 1. The first-order valence-corrected chi connectivity index (χ1v) is 8.81. The third-order valence-corrected chi connectivity index (χ3v) is 3.87. The third-order valence-electron chi connectivity index (χ3n) is 3.87. The van der Waals surface area contributed by atoms with Gasteiger partial charge in [0.1, 0.15) is 11.4 Å². The Morgan fingerprint density at radius 2 is 1.79 bits per heavy atom. The van der Waals surface area contributed by atoms with Gasteiger partial charge in [0.05, 0.1) is 12.3 Å². The molecule has 0 saturated heterocycles. The standard InChI is InChI=1S/C21H20N4O3/c1-3-28-19-7-5-4-6-17(19)24-21-22-13-12-18(25-21)20(27)23-16-10-8-15(9-11-16)14(2)26/h4-13H,3H2,1-2H3,(H,23,27)(H,22,24,25). The molecule has 0 fully saturated rings. The fourth-order valence-electron chi connectivity index (χ4n) is 2.50. The second-order valence-electron chi connectivity index (χ2n) is 5.91. The molecular formula is C21H20N4O3. The van der Waals surface area contributed by atoms with E-state index in [-0.39, 0.29) is 23.3 Å². The minimum atomic E-state index is -0.376. The number of Topliss-reactive ketones (excluding diaryl/α,β-unsaturated/α-hetero) is 1. The lowest BCUT2D eigenvalue weighted by molar-refractivity contribution is 0.101. The minimum absolute atomic E-state index is 0.0308. The number of nitrogens with zero attached hydrogens (tertiary/aromatic N) is 2. The summed E-state index contributed by atoms with van der Waals surface area (Å²) in [6, 6.07) is 15.6. The molecule has 0 aliphatic rings. The number of benzene rings is 2. The lowest BCUT2D eigenvalue weighted by Crippen LogP contribution is -2.15. The van der Waals surface area contributed by atoms with Crippen molar-refractivity contribution in [3.05, 3.63) is 72.1 Å². The summed E-state index contributed by atoms with van der Waals surface area (Å²) in [5, 5.41) is 5.83. The third kappa shape index (κ3) is 4.70. The maximum atomic E-state index is 12.5. The molecule has 0 atom stereocenters. The van der Waals surface area contributed by atoms with Crippen molar-refractivity contribution in [2.24, 2.45) is 0 Å². The second kappa shape index (κ2) is 8.77. The molecule has 0 saturated carbocycles. The number of nitrogens with one attached hydrogen (secondary N) is 2. The van der Waals surface area contributed by atoms with Crippen molar-refractivity contribution in [1.29, 1.82) is 0 Å². The van der Waals surface area contributed by atoms with Gasteiger partial charge >= 0.3 is 0 Å². The molecule has 2 aromatic carbocycles. The molecule has 3 rings (SSSR count). The number of amides is 1. The van der Waals surface area contributed by atoms with Gasteiger partial charge in [0.15, 0.2) is 5.78 Å². The lowest BCUT2D eigenvalue weighted by Gasteiger charge is -2.11. The highest BCUT2D eigenvalue weighted by atomic mass is 16.5. The molecule has 0 aliphatic heterocycles. The first kappa shape index (κ1) is 19.0. The first-order chi connectivity index (χ1) is 13.6. The number of hydrogen-bond donors (Lipinski definition) is 2. The van der Waals surface area contributed by atoms with Gasteiger partial charge in [-0.2, -0.15) is 0 Å². The van der Waals surface area contributed by atoms with Crippen LogP contribution in [0.15, 0.2) is 60.8 Å². The van der Waals surface area contributed by atoms with E-state index in [2.05, 4.69) is 20.6 Å². The molecule has 3 aromatic rings. The Balaban J connectivity index is 1.74. The first-order valence-electron chi connectivity index (χ1n) is 8.81. The van der Waals surface area contributed by atoms with E-state index in [0.717, 1.165) is 0 Å². The Bertz CT molecular complexity index is 987. The van der Waals surface area contributed by atoms with E-state index in [0.29, 0.717) is 29.3 Å². The average molecular weight is 376 g/mol. The van der Waals surface area contributed by atoms with Crippen LogP contribution in [0.5, 0.6) is 5.75 Å². The van der Waals surface area contributed by atoms with Crippen molar-refractivity contribution >= 4 is 29.0 Å². The van der Waals surface area contributed by atoms with Crippen molar-refractivity contribution in [3.8, 4) is 5.75 Å². The molecule has 7 nitrogen and oxygen atoms in total. The van der Waals surface area contributed by atoms with Crippen LogP contribution in [-0.4, -0.2) is 28.3 Å². The van der Waals surface area contributed by atoms with Crippen molar-refractivity contribution in [2.45, 2.75) is 13.8 Å². The molecule has 0 bridgehead atoms. The summed E-state index contributed by atoms with van der Waals surface area (Å²) in [6.45, 7) is 3.93. The maximum absolute atomic E-state index is 12.5. The zero-order valence-corrected chi connectivity index (χ0v) is 15.6. The van der Waals surface area contributed by atoms with Crippen LogP contribution in [0.25, 0.3) is 0 Å². The second-order valence-corrected chi connectivity index (χ2v) is 5.91. The van der Waals surface area contributed by atoms with Gasteiger partial charge < -0.3 is 15.4 Å². The van der Waals surface area contributed by atoms with Crippen LogP contribution in [0.3, 0.4) is 0 Å². The van der Waals surface area contributed by atoms with E-state index in [9.17, 15) is 9.59 Å². The molecular weight excluding hydrogens is 356 g/mol. The van der Waals surface area contributed by atoms with Crippen molar-refractivity contribution in [2.75, 3.05) is 17.2 Å². The van der Waals surface area contributed by atoms with Gasteiger partial charge in [-0.1, -0.05) is 12.1 Å². The predicted octanol–water partition coefficient (Wildman–Crippen LogP) is 4.07. The molecule has 28 heavy (non-hydrogen) atoms. The highest BCUT2D eigenvalue weighted by Crippen LogP contribution is 2.26. The quantitative estimate of drug-likeness (QED) is 0.604. The summed E-state index contributed by atoms with van der Waals surface area (Å²) in [7, 11) is 0. The number of anilines is 3. The molecule has 0 spiro atoms. The van der Waals surface area contributed by atoms with E-state index in [1.54, 1.807) is 24.3 Å². The lowest BCUT2D eigenvalue weighted by atomic mass is 10.1. The summed E-state index contributed by atoms with van der Waals surface area (Å²) in [6.07, 6.45) is 1.51. The Kier molecular flexibility index (Phi) is 5.96. The van der Waals surface area contributed by atoms with E-state index in [4.69, 9.17) is 4.74 Å². The van der Waals surface area contributed by atoms with Crippen LogP contribution >= 0.6 is 0 Å². The summed E-state index contributed by atoms with van der Waals surface area (Å²) in [4.78, 5) is 32.2. The van der Waals surface area contributed by atoms with E-state index in [1.165, 1.54) is 19.2 Å². The van der Waals surface area contributed by atoms with Gasteiger partial charge in [-0.15, -0.1) is 0 Å². The number of aromatic nitrogens is 2. The van der Waals surface area contributed by atoms with Gasteiger partial charge in [0, 0.05) is 17.4 Å². The molecule has 1 aromatic heterocycles. The van der Waals surface area contributed by atoms with E-state index in [1.807, 2.05) is 31.2 Å². The number of carbonyl (C=O) groups excluding carboxylic acids is 2. The summed E-state index contributed by atoms with van der Waals surface area (Å²) < 4.78 is 5.57. The fraction of sp³-hybridized carbons (Fsp3) is 0.143. The summed E-state index contributed by atoms with van der Waals surface area (Å²) in [5.41, 5.74) is 2.08. The Hall–Kier alpha value is -3.74. The summed E-state index contributed by atoms with van der Waals surface area (Å²) in [5.74, 6) is 0.552. The Labute approximate surface area is 162 Å². The van der Waals surface area contributed by atoms with Crippen molar-refractivity contribution < 1.29 is 14.3 Å². The van der Waals surface area contributed by atoms with Crippen LogP contribution in [0, 0.1) is 0 Å². The monoisotopic (exact) mass is 376 g/mol. The van der Waals surface area contributed by atoms with Gasteiger partial charge in [-0.05, 0) is 56.3 Å². The topological polar surface area (TPSA) is 93.2 Å². The van der Waals surface area contributed by atoms with Crippen LogP contribution in [0.4, 0.5) is 17.3 Å². The van der Waals surface area contributed by atoms with Crippen LogP contribution in [0.2, 0.25) is 0 Å². The zero-order chi connectivity index (χ0) is 19.9. The largest absolute Gasteiger partial charge is 0.492 e. The maximum Gasteiger partial charge on any atom is 0.274 e. The molecule has 1 heterocycles. The number of hydrogen-bond acceptors (Lipinski definition) is 6. The number of rotatable bonds is 7. The molecule has 0 radical (unpaired) electrons. The highest BCUT2D eigenvalue weighted by molar-refractivity contribution is 6.03. The van der Waals surface area contributed by atoms with Gasteiger partial charge in [0.2, 0.25) is 5.95 Å².